The molecule has 0 saturated heterocycles. The smallest absolute Gasteiger partial charge is 0.358 e. The maximum absolute atomic E-state index is 12.9. The second kappa shape index (κ2) is 14.9. The number of aliphatic hydroxyl groups excluding tert-OH is 2. The van der Waals surface area contributed by atoms with Crippen molar-refractivity contribution >= 4 is 17.4 Å². The second-order valence-electron chi connectivity index (χ2n) is 13.0. The zero-order valence-corrected chi connectivity index (χ0v) is 27.6. The predicted molar refractivity (Wildman–Crippen MR) is 177 cm³/mol. The number of nitro benzene ring substituents is 1. The Bertz CT molecular complexity index is 1760. The Hall–Kier alpha value is -4.86. The number of unbranched alkanes of at least 4 members (excludes halogenated alkanes) is 2. The van der Waals surface area contributed by atoms with Crippen LogP contribution in [-0.4, -0.2) is 78.1 Å². The number of rotatable bonds is 14. The number of hydrogen-bond donors (Lipinski definition) is 4. The number of nitrogens with zero attached hydrogens (tertiary/aromatic N) is 5. The highest BCUT2D eigenvalue weighted by Crippen LogP contribution is 2.62. The van der Waals surface area contributed by atoms with Crippen molar-refractivity contribution in [1.29, 1.82) is 0 Å². The Morgan fingerprint density at radius 3 is 2.56 bits per heavy atom. The van der Waals surface area contributed by atoms with Crippen molar-refractivity contribution in [2.75, 3.05) is 20.3 Å². The highest BCUT2D eigenvalue weighted by atomic mass is 16.6. The van der Waals surface area contributed by atoms with Crippen LogP contribution in [0, 0.1) is 27.9 Å². The van der Waals surface area contributed by atoms with Crippen LogP contribution in [0.1, 0.15) is 78.5 Å². The van der Waals surface area contributed by atoms with Gasteiger partial charge in [-0.2, -0.15) is 0 Å². The Balaban J connectivity index is 1.49. The fraction of sp³-hybridized carbons (Fsp3) is 0.486. The number of phenols is 1. The molecule has 6 rings (SSSR count). The molecular weight excluding hydrogens is 650 g/mol. The number of ether oxygens (including phenoxy) is 2. The van der Waals surface area contributed by atoms with Crippen LogP contribution in [0.4, 0.5) is 5.69 Å². The van der Waals surface area contributed by atoms with Crippen molar-refractivity contribution < 1.29 is 44.5 Å². The minimum Gasteiger partial charge on any atom is -0.508 e. The van der Waals surface area contributed by atoms with Gasteiger partial charge in [0.2, 0.25) is 5.79 Å². The highest BCUT2D eigenvalue weighted by Gasteiger charge is 2.63. The summed E-state index contributed by atoms with van der Waals surface area (Å²) >= 11 is 0. The molecule has 1 aliphatic heterocycles. The predicted octanol–water partition coefficient (Wildman–Crippen LogP) is 4.17. The van der Waals surface area contributed by atoms with E-state index >= 15 is 0 Å². The SMILES string of the molecule is COC(=O)c1cnnn1C1CC(=NOCc2ccc([N+](=O)[O-])cc2)C2=CC(CCCCO)C(CCCCO)C3c4cc(O)ccc4OC1(O)C23. The standard InChI is InChI=1S/C35H41N5O10/c1-48-34(44)29-19-36-38-39(29)31-18-28(37-49-20-21-8-10-23(11-9-21)40(46)47)26-16-22(6-2-4-14-41)25(7-3-5-15-42)32-27-17-24(43)12-13-30(27)50-35(31,45)33(26)32/h8-13,16-17,19,22,25,31-33,41-43,45H,2-7,14-15,18,20H2,1H3. The first kappa shape index (κ1) is 35.0. The van der Waals surface area contributed by atoms with Gasteiger partial charge in [-0.3, -0.25) is 10.1 Å². The van der Waals surface area contributed by atoms with Gasteiger partial charge in [0.25, 0.3) is 5.69 Å². The molecule has 15 heteroatoms. The van der Waals surface area contributed by atoms with Crippen molar-refractivity contribution in [2.45, 2.75) is 69.3 Å². The summed E-state index contributed by atoms with van der Waals surface area (Å²) in [5.74, 6) is -3.52. The highest BCUT2D eigenvalue weighted by molar-refractivity contribution is 6.02. The molecule has 1 saturated carbocycles. The van der Waals surface area contributed by atoms with Crippen molar-refractivity contribution in [3.63, 3.8) is 0 Å². The third-order valence-electron chi connectivity index (χ3n) is 10.1. The van der Waals surface area contributed by atoms with Gasteiger partial charge in [0.05, 0.1) is 29.9 Å². The zero-order valence-electron chi connectivity index (χ0n) is 27.6. The van der Waals surface area contributed by atoms with Gasteiger partial charge in [-0.1, -0.05) is 29.3 Å². The van der Waals surface area contributed by atoms with Crippen LogP contribution in [0.25, 0.3) is 0 Å². The van der Waals surface area contributed by atoms with Crippen LogP contribution < -0.4 is 4.74 Å². The summed E-state index contributed by atoms with van der Waals surface area (Å²) < 4.78 is 12.8. The summed E-state index contributed by atoms with van der Waals surface area (Å²) in [4.78, 5) is 29.4. The molecule has 0 spiro atoms. The van der Waals surface area contributed by atoms with Gasteiger partial charge in [-0.15, -0.1) is 5.10 Å². The third-order valence-corrected chi connectivity index (χ3v) is 10.1. The normalized spacial score (nSPS) is 26.0. The molecule has 3 aliphatic rings. The van der Waals surface area contributed by atoms with Crippen molar-refractivity contribution in [2.24, 2.45) is 22.9 Å². The molecule has 6 atom stereocenters. The van der Waals surface area contributed by atoms with Gasteiger partial charge in [0.15, 0.2) is 5.69 Å². The average Bonchev–Trinajstić information content (AvgIpc) is 3.60. The first-order chi connectivity index (χ1) is 24.2. The summed E-state index contributed by atoms with van der Waals surface area (Å²) in [6.45, 7) is 0.0979. The Morgan fingerprint density at radius 1 is 1.12 bits per heavy atom. The lowest BCUT2D eigenvalue weighted by Crippen LogP contribution is -2.62. The van der Waals surface area contributed by atoms with E-state index in [0.717, 1.165) is 19.3 Å². The summed E-state index contributed by atoms with van der Waals surface area (Å²) in [6, 6.07) is 9.69. The van der Waals surface area contributed by atoms with Crippen molar-refractivity contribution in [1.82, 2.24) is 15.0 Å². The van der Waals surface area contributed by atoms with Crippen LogP contribution in [0.3, 0.4) is 0 Å². The molecule has 0 bridgehead atoms. The minimum atomic E-state index is -1.97. The van der Waals surface area contributed by atoms with Crippen molar-refractivity contribution in [3.8, 4) is 11.5 Å². The van der Waals surface area contributed by atoms with E-state index < -0.39 is 34.6 Å². The number of non-ortho nitro benzene ring substituents is 1. The zero-order chi connectivity index (χ0) is 35.4. The monoisotopic (exact) mass is 691 g/mol. The second-order valence-corrected chi connectivity index (χ2v) is 13.0. The van der Waals surface area contributed by atoms with E-state index in [-0.39, 0.29) is 55.2 Å². The van der Waals surface area contributed by atoms with Gasteiger partial charge >= 0.3 is 5.97 Å². The van der Waals surface area contributed by atoms with E-state index in [1.165, 1.54) is 36.2 Å². The molecule has 6 unspecified atom stereocenters. The number of nitro groups is 1. The molecule has 0 amide bonds. The molecule has 15 nitrogen and oxygen atoms in total. The Labute approximate surface area is 287 Å². The fourth-order valence-electron chi connectivity index (χ4n) is 7.83. The van der Waals surface area contributed by atoms with Gasteiger partial charge < -0.3 is 34.7 Å². The molecule has 2 aliphatic carbocycles. The lowest BCUT2D eigenvalue weighted by molar-refractivity contribution is -0.384. The quantitative estimate of drug-likeness (QED) is 0.0812. The fourth-order valence-corrected chi connectivity index (χ4v) is 7.83. The number of allylic oxidation sites excluding steroid dienone is 1. The van der Waals surface area contributed by atoms with Crippen molar-refractivity contribution in [3.05, 3.63) is 87.2 Å². The number of aliphatic hydroxyl groups is 3. The summed E-state index contributed by atoms with van der Waals surface area (Å²) in [7, 11) is 1.24. The van der Waals surface area contributed by atoms with Crippen LogP contribution in [0.2, 0.25) is 0 Å². The number of hydrogen-bond acceptors (Lipinski definition) is 13. The number of aromatic nitrogens is 3. The van der Waals surface area contributed by atoms with Gasteiger partial charge in [0, 0.05) is 43.2 Å². The summed E-state index contributed by atoms with van der Waals surface area (Å²) in [6.07, 6.45) is 7.49. The van der Waals surface area contributed by atoms with E-state index in [1.807, 2.05) is 0 Å². The molecule has 1 aromatic heterocycles. The number of phenolic OH excluding ortho intramolecular Hbond substituents is 1. The number of esters is 1. The topological polar surface area (TPSA) is 212 Å². The lowest BCUT2D eigenvalue weighted by Gasteiger charge is -2.56. The third kappa shape index (κ3) is 6.67. The van der Waals surface area contributed by atoms with Crippen LogP contribution in [-0.2, 0) is 16.2 Å². The minimum absolute atomic E-state index is 0.00154. The number of fused-ring (bicyclic) bond motifs is 2. The van der Waals surface area contributed by atoms with E-state index in [9.17, 15) is 35.3 Å². The summed E-state index contributed by atoms with van der Waals surface area (Å²) in [5.41, 5.74) is 2.49. The first-order valence-corrected chi connectivity index (χ1v) is 16.8. The van der Waals surface area contributed by atoms with Gasteiger partial charge in [-0.25, -0.2) is 9.48 Å². The molecule has 0 radical (unpaired) electrons. The van der Waals surface area contributed by atoms with E-state index in [4.69, 9.17) is 14.3 Å². The van der Waals surface area contributed by atoms with Gasteiger partial charge in [0.1, 0.15) is 24.1 Å². The first-order valence-electron chi connectivity index (χ1n) is 16.8. The van der Waals surface area contributed by atoms with Crippen LogP contribution >= 0.6 is 0 Å². The number of carbonyl (C=O) groups excluding carboxylic acids is 1. The van der Waals surface area contributed by atoms with E-state index in [0.29, 0.717) is 47.4 Å². The maximum Gasteiger partial charge on any atom is 0.358 e. The number of carbonyl (C=O) groups is 1. The number of benzene rings is 2. The van der Waals surface area contributed by atoms with E-state index in [2.05, 4.69) is 21.5 Å². The Morgan fingerprint density at radius 2 is 1.86 bits per heavy atom. The average molecular weight is 692 g/mol. The van der Waals surface area contributed by atoms with Crippen LogP contribution in [0.5, 0.6) is 11.5 Å². The van der Waals surface area contributed by atoms with Crippen LogP contribution in [0.15, 0.2) is 65.5 Å². The maximum atomic E-state index is 12.9. The largest absolute Gasteiger partial charge is 0.508 e. The molecule has 50 heavy (non-hydrogen) atoms. The number of oxime groups is 1. The number of aromatic hydroxyl groups is 1. The molecule has 2 heterocycles. The molecule has 266 valence electrons. The number of methoxy groups -OCH3 is 1. The lowest BCUT2D eigenvalue weighted by atomic mass is 9.55. The molecule has 1 fully saturated rings. The van der Waals surface area contributed by atoms with E-state index in [1.54, 1.807) is 24.3 Å². The Kier molecular flexibility index (Phi) is 10.5. The summed E-state index contributed by atoms with van der Waals surface area (Å²) in [5, 5.41) is 66.7. The molecular formula is C35H41N5O10. The molecule has 2 aromatic carbocycles. The van der Waals surface area contributed by atoms with Gasteiger partial charge in [-0.05, 0) is 79.0 Å². The molecule has 4 N–H and O–H groups in total. The molecule has 3 aromatic rings.